The molecule has 1 saturated carbocycles. The number of carbonyl (C=O) groups excluding carboxylic acids is 2. The Hall–Kier alpha value is -3.59. The van der Waals surface area contributed by atoms with Crippen LogP contribution >= 0.6 is 23.2 Å². The number of urea groups is 1. The minimum Gasteiger partial charge on any atom is -0.479 e. The first kappa shape index (κ1) is 29.4. The molecule has 40 heavy (non-hydrogen) atoms. The molecular formula is C30H31Cl2N3O5. The van der Waals surface area contributed by atoms with E-state index in [0.717, 1.165) is 11.1 Å². The van der Waals surface area contributed by atoms with E-state index in [2.05, 4.69) is 28.1 Å². The Kier molecular flexibility index (Phi) is 10.0. The molecular weight excluding hydrogens is 553 g/mol. The van der Waals surface area contributed by atoms with Crippen LogP contribution in [-0.4, -0.2) is 40.8 Å². The second-order valence-electron chi connectivity index (χ2n) is 9.88. The van der Waals surface area contributed by atoms with Crippen molar-refractivity contribution in [3.05, 3.63) is 99.0 Å². The number of carboxylic acid groups (broad SMARTS) is 1. The van der Waals surface area contributed by atoms with Crippen LogP contribution in [-0.2, 0) is 4.79 Å². The highest BCUT2D eigenvalue weighted by atomic mass is 35.5. The Morgan fingerprint density at radius 3 is 2.00 bits per heavy atom. The van der Waals surface area contributed by atoms with Gasteiger partial charge in [-0.3, -0.25) is 4.79 Å². The maximum Gasteiger partial charge on any atom is 0.334 e. The van der Waals surface area contributed by atoms with Gasteiger partial charge < -0.3 is 26.2 Å². The Balaban J connectivity index is 1.54. The third-order valence-corrected chi connectivity index (χ3v) is 7.43. The second kappa shape index (κ2) is 13.7. The first-order valence-electron chi connectivity index (χ1n) is 13.1. The summed E-state index contributed by atoms with van der Waals surface area (Å²) >= 11 is 12.1. The van der Waals surface area contributed by atoms with E-state index in [9.17, 15) is 19.5 Å². The van der Waals surface area contributed by atoms with Gasteiger partial charge in [0.25, 0.3) is 5.91 Å². The number of aliphatic hydroxyl groups excluding tert-OH is 1. The monoisotopic (exact) mass is 583 g/mol. The zero-order chi connectivity index (χ0) is 28.6. The summed E-state index contributed by atoms with van der Waals surface area (Å²) in [4.78, 5) is 36.3. The fourth-order valence-corrected chi connectivity index (χ4v) is 5.41. The minimum absolute atomic E-state index is 0.283. The lowest BCUT2D eigenvalue weighted by molar-refractivity contribution is -0.146. The summed E-state index contributed by atoms with van der Waals surface area (Å²) in [7, 11) is 0. The maximum absolute atomic E-state index is 13.0. The highest BCUT2D eigenvalue weighted by Crippen LogP contribution is 2.34. The Bertz CT molecular complexity index is 1320. The van der Waals surface area contributed by atoms with E-state index < -0.39 is 36.6 Å². The number of carboxylic acids is 1. The van der Waals surface area contributed by atoms with Gasteiger partial charge in [0.2, 0.25) is 0 Å². The average Bonchev–Trinajstić information content (AvgIpc) is 2.94. The first-order valence-corrected chi connectivity index (χ1v) is 13.9. The lowest BCUT2D eigenvalue weighted by Crippen LogP contribution is -2.36. The van der Waals surface area contributed by atoms with Gasteiger partial charge in [0, 0.05) is 21.3 Å². The summed E-state index contributed by atoms with van der Waals surface area (Å²) in [5.41, 5.74) is 3.60. The summed E-state index contributed by atoms with van der Waals surface area (Å²) in [6, 6.07) is 18.6. The molecule has 5 N–H and O–H groups in total. The number of hydrogen-bond donors (Lipinski definition) is 5. The number of aliphatic hydroxyl groups is 1. The van der Waals surface area contributed by atoms with Crippen molar-refractivity contribution in [3.8, 4) is 0 Å². The number of anilines is 1. The second-order valence-corrected chi connectivity index (χ2v) is 10.8. The van der Waals surface area contributed by atoms with Crippen molar-refractivity contribution in [2.75, 3.05) is 11.9 Å². The van der Waals surface area contributed by atoms with Gasteiger partial charge in [-0.05, 0) is 65.8 Å². The van der Waals surface area contributed by atoms with Crippen molar-refractivity contribution in [1.82, 2.24) is 10.6 Å². The van der Waals surface area contributed by atoms with Gasteiger partial charge in [0.1, 0.15) is 0 Å². The number of benzene rings is 3. The Morgan fingerprint density at radius 2 is 1.43 bits per heavy atom. The Morgan fingerprint density at radius 1 is 0.850 bits per heavy atom. The van der Waals surface area contributed by atoms with Crippen molar-refractivity contribution in [2.24, 2.45) is 0 Å². The molecule has 1 aliphatic carbocycles. The molecule has 3 aromatic carbocycles. The molecule has 0 radical (unpaired) electrons. The van der Waals surface area contributed by atoms with Gasteiger partial charge in [-0.25, -0.2) is 9.59 Å². The van der Waals surface area contributed by atoms with Crippen molar-refractivity contribution in [3.63, 3.8) is 0 Å². The number of halogens is 2. The van der Waals surface area contributed by atoms with Crippen LogP contribution in [0, 0.1) is 0 Å². The van der Waals surface area contributed by atoms with Gasteiger partial charge in [-0.2, -0.15) is 0 Å². The lowest BCUT2D eigenvalue weighted by atomic mass is 9.83. The molecule has 2 atom stereocenters. The van der Waals surface area contributed by atoms with Crippen LogP contribution in [0.3, 0.4) is 0 Å². The smallest absolute Gasteiger partial charge is 0.334 e. The van der Waals surface area contributed by atoms with Crippen LogP contribution in [0.1, 0.15) is 71.1 Å². The summed E-state index contributed by atoms with van der Waals surface area (Å²) in [6.45, 7) is -0.416. The molecule has 1 unspecified atom stereocenters. The average molecular weight is 584 g/mol. The van der Waals surface area contributed by atoms with E-state index in [0.29, 0.717) is 21.7 Å². The van der Waals surface area contributed by atoms with E-state index in [4.69, 9.17) is 28.3 Å². The summed E-state index contributed by atoms with van der Waals surface area (Å²) in [5, 5.41) is 27.2. The van der Waals surface area contributed by atoms with E-state index in [1.54, 1.807) is 42.5 Å². The molecule has 0 spiro atoms. The molecule has 210 valence electrons. The molecule has 0 aromatic heterocycles. The third-order valence-electron chi connectivity index (χ3n) is 6.99. The molecule has 4 rings (SSSR count). The number of carbonyl (C=O) groups is 3. The predicted octanol–water partition coefficient (Wildman–Crippen LogP) is 6.13. The van der Waals surface area contributed by atoms with Crippen molar-refractivity contribution in [2.45, 2.75) is 50.2 Å². The Labute approximate surface area is 242 Å². The number of rotatable bonds is 9. The zero-order valence-corrected chi connectivity index (χ0v) is 23.2. The molecule has 8 nitrogen and oxygen atoms in total. The predicted molar refractivity (Wildman–Crippen MR) is 155 cm³/mol. The van der Waals surface area contributed by atoms with Crippen LogP contribution in [0.5, 0.6) is 0 Å². The fourth-order valence-electron chi connectivity index (χ4n) is 4.89. The fraction of sp³-hybridized carbons (Fsp3) is 0.300. The third kappa shape index (κ3) is 7.97. The van der Waals surface area contributed by atoms with Gasteiger partial charge in [-0.1, -0.05) is 78.9 Å². The number of hydrogen-bond acceptors (Lipinski definition) is 4. The summed E-state index contributed by atoms with van der Waals surface area (Å²) < 4.78 is 0. The number of aliphatic carboxylic acids is 1. The SMILES string of the molecule is O=C(Nc1cc(Cl)cc(Cl)c1)NC(c1ccc(C(=O)NC[C@@H](O)C(=O)O)cc1)c1ccc(C2CCCCC2)cc1. The standard InChI is InChI=1S/C30H31Cl2N3O5/c31-23-14-24(32)16-25(15-23)34-30(40)35-27(20-8-6-19(7-9-20)18-4-2-1-3-5-18)21-10-12-22(13-11-21)28(37)33-17-26(36)29(38)39/h6-16,18,26-27,36H,1-5,17H2,(H,33,37)(H,38,39)(H2,34,35,40)/t26-,27?/m1/s1. The summed E-state index contributed by atoms with van der Waals surface area (Å²) in [5.74, 6) is -1.40. The quantitative estimate of drug-likeness (QED) is 0.207. The van der Waals surface area contributed by atoms with Gasteiger partial charge in [-0.15, -0.1) is 0 Å². The molecule has 3 aromatic rings. The minimum atomic E-state index is -1.69. The highest BCUT2D eigenvalue weighted by Gasteiger charge is 2.21. The topological polar surface area (TPSA) is 128 Å². The van der Waals surface area contributed by atoms with E-state index in [1.165, 1.54) is 37.7 Å². The molecule has 10 heteroatoms. The van der Waals surface area contributed by atoms with Crippen molar-refractivity contribution < 1.29 is 24.6 Å². The first-order chi connectivity index (χ1) is 19.2. The normalized spacial score (nSPS) is 15.1. The van der Waals surface area contributed by atoms with E-state index in [-0.39, 0.29) is 5.56 Å². The summed E-state index contributed by atoms with van der Waals surface area (Å²) in [6.07, 6.45) is 4.42. The molecule has 0 heterocycles. The van der Waals surface area contributed by atoms with Crippen molar-refractivity contribution in [1.29, 1.82) is 0 Å². The van der Waals surface area contributed by atoms with Crippen LogP contribution in [0.15, 0.2) is 66.7 Å². The van der Waals surface area contributed by atoms with E-state index >= 15 is 0 Å². The van der Waals surface area contributed by atoms with Gasteiger partial charge >= 0.3 is 12.0 Å². The van der Waals surface area contributed by atoms with Gasteiger partial charge in [0.05, 0.1) is 12.6 Å². The van der Waals surface area contributed by atoms with Crippen LogP contribution in [0.2, 0.25) is 10.0 Å². The molecule has 1 aliphatic rings. The van der Waals surface area contributed by atoms with Crippen LogP contribution in [0.4, 0.5) is 10.5 Å². The number of amides is 3. The van der Waals surface area contributed by atoms with Crippen LogP contribution < -0.4 is 16.0 Å². The lowest BCUT2D eigenvalue weighted by Gasteiger charge is -2.24. The maximum atomic E-state index is 13.0. The molecule has 0 aliphatic heterocycles. The molecule has 0 bridgehead atoms. The van der Waals surface area contributed by atoms with Gasteiger partial charge in [0.15, 0.2) is 6.10 Å². The highest BCUT2D eigenvalue weighted by molar-refractivity contribution is 6.35. The number of nitrogens with one attached hydrogen (secondary N) is 3. The molecule has 0 saturated heterocycles. The van der Waals surface area contributed by atoms with E-state index in [1.807, 2.05) is 12.1 Å². The van der Waals surface area contributed by atoms with Crippen molar-refractivity contribution >= 4 is 46.8 Å². The molecule has 1 fully saturated rings. The van der Waals surface area contributed by atoms with Crippen LogP contribution in [0.25, 0.3) is 0 Å². The molecule has 3 amide bonds. The largest absolute Gasteiger partial charge is 0.479 e. The zero-order valence-electron chi connectivity index (χ0n) is 21.7.